The van der Waals surface area contributed by atoms with Gasteiger partial charge < -0.3 is 15.2 Å². The number of nitrogens with zero attached hydrogens (tertiary/aromatic N) is 1. The molecule has 2 N–H and O–H groups in total. The molecule has 0 saturated carbocycles. The van der Waals surface area contributed by atoms with Gasteiger partial charge in [-0.15, -0.1) is 0 Å². The number of hydrogen-bond acceptors (Lipinski definition) is 4. The van der Waals surface area contributed by atoms with Gasteiger partial charge in [0.1, 0.15) is 6.61 Å². The van der Waals surface area contributed by atoms with E-state index in [0.717, 1.165) is 16.8 Å². The summed E-state index contributed by atoms with van der Waals surface area (Å²) in [5.41, 5.74) is 8.67. The van der Waals surface area contributed by atoms with Crippen LogP contribution in [0.1, 0.15) is 16.8 Å². The highest BCUT2D eigenvalue weighted by molar-refractivity contribution is 5.43. The summed E-state index contributed by atoms with van der Waals surface area (Å²) in [6, 6.07) is 9.62. The SMILES string of the molecule is COc1ccc(CN)cc1OCc1ncccc1C. The average Bonchev–Trinajstić information content (AvgIpc) is 2.46. The quantitative estimate of drug-likeness (QED) is 0.895. The van der Waals surface area contributed by atoms with Crippen molar-refractivity contribution in [3.05, 3.63) is 53.3 Å². The van der Waals surface area contributed by atoms with Gasteiger partial charge in [-0.3, -0.25) is 4.98 Å². The Bertz CT molecular complexity index is 556. The molecular weight excluding hydrogens is 240 g/mol. The van der Waals surface area contributed by atoms with Crippen molar-refractivity contribution in [3.8, 4) is 11.5 Å². The number of ether oxygens (including phenoxy) is 2. The summed E-state index contributed by atoms with van der Waals surface area (Å²) in [5, 5.41) is 0. The van der Waals surface area contributed by atoms with E-state index in [1.807, 2.05) is 37.3 Å². The second kappa shape index (κ2) is 6.20. The van der Waals surface area contributed by atoms with Crippen molar-refractivity contribution in [1.29, 1.82) is 0 Å². The Labute approximate surface area is 113 Å². The van der Waals surface area contributed by atoms with Gasteiger partial charge in [0, 0.05) is 12.7 Å². The first-order chi connectivity index (χ1) is 9.24. The van der Waals surface area contributed by atoms with Gasteiger partial charge in [0.15, 0.2) is 11.5 Å². The first kappa shape index (κ1) is 13.4. The predicted molar refractivity (Wildman–Crippen MR) is 74.2 cm³/mol. The topological polar surface area (TPSA) is 57.4 Å². The van der Waals surface area contributed by atoms with Crippen molar-refractivity contribution in [2.75, 3.05) is 7.11 Å². The molecule has 100 valence electrons. The maximum atomic E-state index is 5.79. The zero-order valence-electron chi connectivity index (χ0n) is 11.2. The molecule has 19 heavy (non-hydrogen) atoms. The van der Waals surface area contributed by atoms with Crippen molar-refractivity contribution in [2.45, 2.75) is 20.1 Å². The molecule has 0 aliphatic carbocycles. The molecular formula is C15H18N2O2. The van der Waals surface area contributed by atoms with Crippen molar-refractivity contribution < 1.29 is 9.47 Å². The molecule has 1 aromatic heterocycles. The smallest absolute Gasteiger partial charge is 0.162 e. The number of nitrogens with two attached hydrogens (primary N) is 1. The van der Waals surface area contributed by atoms with Gasteiger partial charge in [-0.1, -0.05) is 12.1 Å². The fourth-order valence-corrected chi connectivity index (χ4v) is 1.78. The van der Waals surface area contributed by atoms with Gasteiger partial charge in [0.2, 0.25) is 0 Å². The van der Waals surface area contributed by atoms with E-state index in [2.05, 4.69) is 4.98 Å². The standard InChI is InChI=1S/C15H18N2O2/c1-11-4-3-7-17-13(11)10-19-15-8-12(9-16)5-6-14(15)18-2/h3-8H,9-10,16H2,1-2H3. The molecule has 0 spiro atoms. The van der Waals surface area contributed by atoms with Crippen LogP contribution in [0.2, 0.25) is 0 Å². The van der Waals surface area contributed by atoms with Crippen LogP contribution < -0.4 is 15.2 Å². The highest BCUT2D eigenvalue weighted by atomic mass is 16.5. The maximum absolute atomic E-state index is 5.79. The number of methoxy groups -OCH3 is 1. The zero-order chi connectivity index (χ0) is 13.7. The van der Waals surface area contributed by atoms with Gasteiger partial charge in [0.05, 0.1) is 12.8 Å². The summed E-state index contributed by atoms with van der Waals surface area (Å²) in [5.74, 6) is 1.39. The molecule has 0 bridgehead atoms. The Morgan fingerprint density at radius 3 is 2.74 bits per heavy atom. The summed E-state index contributed by atoms with van der Waals surface area (Å²) in [7, 11) is 1.62. The van der Waals surface area contributed by atoms with Crippen LogP contribution in [0.3, 0.4) is 0 Å². The number of aryl methyl sites for hydroxylation is 1. The Morgan fingerprint density at radius 2 is 2.05 bits per heavy atom. The minimum absolute atomic E-state index is 0.414. The summed E-state index contributed by atoms with van der Waals surface area (Å²) in [6.45, 7) is 2.90. The first-order valence-corrected chi connectivity index (χ1v) is 6.15. The minimum Gasteiger partial charge on any atom is -0.493 e. The van der Waals surface area contributed by atoms with Gasteiger partial charge >= 0.3 is 0 Å². The third kappa shape index (κ3) is 3.23. The van der Waals surface area contributed by atoms with E-state index in [1.54, 1.807) is 13.3 Å². The van der Waals surface area contributed by atoms with Gasteiger partial charge in [-0.2, -0.15) is 0 Å². The third-order valence-electron chi connectivity index (χ3n) is 2.95. The molecule has 0 aliphatic rings. The second-order valence-corrected chi connectivity index (χ2v) is 4.25. The number of hydrogen-bond donors (Lipinski definition) is 1. The second-order valence-electron chi connectivity index (χ2n) is 4.25. The van der Waals surface area contributed by atoms with E-state index in [4.69, 9.17) is 15.2 Å². The van der Waals surface area contributed by atoms with Crippen LogP contribution in [0.4, 0.5) is 0 Å². The van der Waals surface area contributed by atoms with E-state index in [-0.39, 0.29) is 0 Å². The number of rotatable bonds is 5. The molecule has 4 heteroatoms. The largest absolute Gasteiger partial charge is 0.493 e. The minimum atomic E-state index is 0.414. The Morgan fingerprint density at radius 1 is 1.21 bits per heavy atom. The normalized spacial score (nSPS) is 10.3. The molecule has 2 aromatic rings. The first-order valence-electron chi connectivity index (χ1n) is 6.15. The van der Waals surface area contributed by atoms with Crippen LogP contribution in [0, 0.1) is 6.92 Å². The van der Waals surface area contributed by atoms with Crippen LogP contribution in [0.5, 0.6) is 11.5 Å². The van der Waals surface area contributed by atoms with E-state index in [9.17, 15) is 0 Å². The van der Waals surface area contributed by atoms with Crippen molar-refractivity contribution in [2.24, 2.45) is 5.73 Å². The number of benzene rings is 1. The Hall–Kier alpha value is -2.07. The van der Waals surface area contributed by atoms with Crippen LogP contribution in [0.15, 0.2) is 36.5 Å². The molecule has 1 aromatic carbocycles. The highest BCUT2D eigenvalue weighted by Crippen LogP contribution is 2.28. The van der Waals surface area contributed by atoms with Gasteiger partial charge in [-0.25, -0.2) is 0 Å². The van der Waals surface area contributed by atoms with E-state index < -0.39 is 0 Å². The Kier molecular flexibility index (Phi) is 4.36. The fraction of sp³-hybridized carbons (Fsp3) is 0.267. The number of pyridine rings is 1. The summed E-state index contributed by atoms with van der Waals surface area (Å²) >= 11 is 0. The molecule has 0 unspecified atom stereocenters. The Balaban J connectivity index is 2.16. The van der Waals surface area contributed by atoms with Crippen LogP contribution in [-0.2, 0) is 13.2 Å². The molecule has 1 heterocycles. The van der Waals surface area contributed by atoms with Crippen molar-refractivity contribution in [1.82, 2.24) is 4.98 Å². The molecule has 0 amide bonds. The van der Waals surface area contributed by atoms with E-state index in [1.165, 1.54) is 0 Å². The van der Waals surface area contributed by atoms with Crippen molar-refractivity contribution >= 4 is 0 Å². The summed E-state index contributed by atoms with van der Waals surface area (Å²) in [4.78, 5) is 4.30. The van der Waals surface area contributed by atoms with Gasteiger partial charge in [0.25, 0.3) is 0 Å². The molecule has 0 radical (unpaired) electrons. The predicted octanol–water partition coefficient (Wildman–Crippen LogP) is 2.44. The average molecular weight is 258 g/mol. The highest BCUT2D eigenvalue weighted by Gasteiger charge is 2.07. The van der Waals surface area contributed by atoms with Crippen LogP contribution >= 0.6 is 0 Å². The summed E-state index contributed by atoms with van der Waals surface area (Å²) < 4.78 is 11.1. The lowest BCUT2D eigenvalue weighted by atomic mass is 10.2. The fourth-order valence-electron chi connectivity index (χ4n) is 1.78. The summed E-state index contributed by atoms with van der Waals surface area (Å²) in [6.07, 6.45) is 1.76. The van der Waals surface area contributed by atoms with Gasteiger partial charge in [-0.05, 0) is 36.2 Å². The van der Waals surface area contributed by atoms with Crippen LogP contribution in [0.25, 0.3) is 0 Å². The molecule has 0 saturated heterocycles. The lowest BCUT2D eigenvalue weighted by Gasteiger charge is -2.12. The molecule has 0 fully saturated rings. The lowest BCUT2D eigenvalue weighted by Crippen LogP contribution is -2.03. The van der Waals surface area contributed by atoms with Crippen LogP contribution in [-0.4, -0.2) is 12.1 Å². The van der Waals surface area contributed by atoms with E-state index >= 15 is 0 Å². The number of aromatic nitrogens is 1. The lowest BCUT2D eigenvalue weighted by molar-refractivity contribution is 0.279. The monoisotopic (exact) mass is 258 g/mol. The molecule has 2 rings (SSSR count). The van der Waals surface area contributed by atoms with E-state index in [0.29, 0.717) is 24.7 Å². The molecule has 0 atom stereocenters. The molecule has 0 aliphatic heterocycles. The zero-order valence-corrected chi connectivity index (χ0v) is 11.2. The maximum Gasteiger partial charge on any atom is 0.162 e. The molecule has 4 nitrogen and oxygen atoms in total. The van der Waals surface area contributed by atoms with Crippen molar-refractivity contribution in [3.63, 3.8) is 0 Å². The third-order valence-corrected chi connectivity index (χ3v) is 2.95.